The van der Waals surface area contributed by atoms with Gasteiger partial charge in [-0.2, -0.15) is 17.0 Å². The first kappa shape index (κ1) is 15.3. The van der Waals surface area contributed by atoms with E-state index >= 15 is 0 Å². The predicted molar refractivity (Wildman–Crippen MR) is 79.5 cm³/mol. The molecule has 1 amide bonds. The molecule has 2 heterocycles. The highest BCUT2D eigenvalue weighted by Gasteiger charge is 2.21. The maximum absolute atomic E-state index is 12.3. The van der Waals surface area contributed by atoms with E-state index in [9.17, 15) is 4.79 Å². The first-order valence-electron chi connectivity index (χ1n) is 7.41. The molecule has 112 valence electrons. The molecule has 1 aliphatic rings. The maximum Gasteiger partial charge on any atom is 0.222 e. The lowest BCUT2D eigenvalue weighted by atomic mass is 10.2. The Balaban J connectivity index is 1.75. The number of nitrogens with zero attached hydrogens (tertiary/aromatic N) is 4. The van der Waals surface area contributed by atoms with Gasteiger partial charge in [0.2, 0.25) is 5.91 Å². The maximum atomic E-state index is 12.3. The zero-order valence-corrected chi connectivity index (χ0v) is 12.9. The summed E-state index contributed by atoms with van der Waals surface area (Å²) in [7, 11) is 0. The molecule has 1 unspecified atom stereocenters. The topological polar surface area (TPSA) is 74.8 Å². The lowest BCUT2D eigenvalue weighted by molar-refractivity contribution is -0.131. The summed E-state index contributed by atoms with van der Waals surface area (Å²) in [6.45, 7) is 4.02. The smallest absolute Gasteiger partial charge is 0.222 e. The molecule has 1 saturated heterocycles. The Morgan fingerprint density at radius 2 is 2.40 bits per heavy atom. The van der Waals surface area contributed by atoms with E-state index in [0.717, 1.165) is 31.7 Å². The fourth-order valence-corrected chi connectivity index (χ4v) is 3.64. The second-order valence-electron chi connectivity index (χ2n) is 5.09. The van der Waals surface area contributed by atoms with E-state index in [1.54, 1.807) is 0 Å². The molecule has 1 aromatic heterocycles. The molecular formula is C13H23N5OS. The van der Waals surface area contributed by atoms with Crippen LogP contribution in [-0.2, 0) is 11.2 Å². The van der Waals surface area contributed by atoms with Crippen molar-refractivity contribution in [3.8, 4) is 0 Å². The van der Waals surface area contributed by atoms with Gasteiger partial charge in [0.1, 0.15) is 0 Å². The molecule has 1 aromatic rings. The Kier molecular flexibility index (Phi) is 6.29. The number of nitrogens with one attached hydrogen (secondary N) is 1. The Morgan fingerprint density at radius 3 is 3.15 bits per heavy atom. The van der Waals surface area contributed by atoms with Crippen molar-refractivity contribution in [3.05, 3.63) is 5.82 Å². The second kappa shape index (κ2) is 8.24. The van der Waals surface area contributed by atoms with Crippen molar-refractivity contribution < 1.29 is 4.79 Å². The molecule has 0 saturated carbocycles. The van der Waals surface area contributed by atoms with Gasteiger partial charge in [0.25, 0.3) is 0 Å². The summed E-state index contributed by atoms with van der Waals surface area (Å²) >= 11 is 1.98. The van der Waals surface area contributed by atoms with E-state index in [1.807, 2.05) is 11.8 Å². The number of likely N-dealkylation sites (tertiary alicyclic amines) is 1. The second-order valence-corrected chi connectivity index (χ2v) is 6.67. The molecule has 2 rings (SSSR count). The van der Waals surface area contributed by atoms with Crippen LogP contribution in [0.2, 0.25) is 0 Å². The number of aryl methyl sites for hydroxylation is 1. The SMILES string of the molecule is CCSC1CCCCN(C(=O)CCCc2nn[nH]n2)C1. The van der Waals surface area contributed by atoms with Gasteiger partial charge in [0.15, 0.2) is 5.82 Å². The van der Waals surface area contributed by atoms with Gasteiger partial charge in [-0.1, -0.05) is 18.6 Å². The number of aromatic amines is 1. The Hall–Kier alpha value is -1.11. The van der Waals surface area contributed by atoms with Crippen LogP contribution >= 0.6 is 11.8 Å². The number of carbonyl (C=O) groups excluding carboxylic acids is 1. The summed E-state index contributed by atoms with van der Waals surface area (Å²) in [5.74, 6) is 2.09. The molecule has 1 aliphatic heterocycles. The van der Waals surface area contributed by atoms with Crippen LogP contribution in [0.15, 0.2) is 0 Å². The third kappa shape index (κ3) is 4.77. The van der Waals surface area contributed by atoms with Gasteiger partial charge in [-0.3, -0.25) is 4.79 Å². The number of rotatable bonds is 6. The van der Waals surface area contributed by atoms with Crippen LogP contribution in [0.4, 0.5) is 0 Å². The van der Waals surface area contributed by atoms with Crippen molar-refractivity contribution in [3.63, 3.8) is 0 Å². The minimum Gasteiger partial charge on any atom is -0.342 e. The summed E-state index contributed by atoms with van der Waals surface area (Å²) < 4.78 is 0. The van der Waals surface area contributed by atoms with Crippen molar-refractivity contribution in [2.75, 3.05) is 18.8 Å². The van der Waals surface area contributed by atoms with Crippen molar-refractivity contribution >= 4 is 17.7 Å². The number of hydrogen-bond acceptors (Lipinski definition) is 5. The van der Waals surface area contributed by atoms with E-state index in [-0.39, 0.29) is 5.91 Å². The van der Waals surface area contributed by atoms with Crippen LogP contribution in [-0.4, -0.2) is 55.5 Å². The third-order valence-electron chi connectivity index (χ3n) is 3.56. The lowest BCUT2D eigenvalue weighted by Crippen LogP contribution is -2.35. The number of hydrogen-bond donors (Lipinski definition) is 1. The van der Waals surface area contributed by atoms with Crippen LogP contribution in [0.25, 0.3) is 0 Å². The highest BCUT2D eigenvalue weighted by atomic mass is 32.2. The molecule has 7 heteroatoms. The summed E-state index contributed by atoms with van der Waals surface area (Å²) in [6.07, 6.45) is 5.70. The quantitative estimate of drug-likeness (QED) is 0.864. The van der Waals surface area contributed by atoms with Gasteiger partial charge < -0.3 is 4.90 Å². The van der Waals surface area contributed by atoms with Gasteiger partial charge in [-0.25, -0.2) is 0 Å². The molecule has 0 aromatic carbocycles. The molecule has 0 aliphatic carbocycles. The third-order valence-corrected chi connectivity index (χ3v) is 4.75. The number of thioether (sulfide) groups is 1. The molecule has 0 bridgehead atoms. The average molecular weight is 297 g/mol. The number of carbonyl (C=O) groups is 1. The molecule has 1 fully saturated rings. The average Bonchev–Trinajstić information content (AvgIpc) is 2.84. The van der Waals surface area contributed by atoms with Crippen LogP contribution in [0, 0.1) is 0 Å². The minimum absolute atomic E-state index is 0.275. The van der Waals surface area contributed by atoms with Gasteiger partial charge in [0, 0.05) is 31.2 Å². The van der Waals surface area contributed by atoms with Crippen LogP contribution in [0.5, 0.6) is 0 Å². The van der Waals surface area contributed by atoms with Crippen molar-refractivity contribution in [1.29, 1.82) is 0 Å². The number of tetrazole rings is 1. The van der Waals surface area contributed by atoms with E-state index in [2.05, 4.69) is 32.4 Å². The molecule has 0 radical (unpaired) electrons. The molecule has 20 heavy (non-hydrogen) atoms. The molecule has 1 atom stereocenters. The van der Waals surface area contributed by atoms with Crippen molar-refractivity contribution in [1.82, 2.24) is 25.5 Å². The van der Waals surface area contributed by atoms with Gasteiger partial charge in [-0.05, 0) is 25.0 Å². The van der Waals surface area contributed by atoms with E-state index in [4.69, 9.17) is 0 Å². The van der Waals surface area contributed by atoms with Crippen molar-refractivity contribution in [2.24, 2.45) is 0 Å². The Labute approximate surface area is 124 Å². The standard InChI is InChI=1S/C13H23N5OS/c1-2-20-11-6-3-4-9-18(10-11)13(19)8-5-7-12-14-16-17-15-12/h11H,2-10H2,1H3,(H,14,15,16,17). The van der Waals surface area contributed by atoms with Crippen LogP contribution in [0.1, 0.15) is 44.9 Å². The van der Waals surface area contributed by atoms with E-state index in [1.165, 1.54) is 12.8 Å². The molecule has 0 spiro atoms. The summed E-state index contributed by atoms with van der Waals surface area (Å²) in [5.41, 5.74) is 0. The van der Waals surface area contributed by atoms with E-state index < -0.39 is 0 Å². The number of aromatic nitrogens is 4. The largest absolute Gasteiger partial charge is 0.342 e. The summed E-state index contributed by atoms with van der Waals surface area (Å²) in [6, 6.07) is 0. The molecule has 6 nitrogen and oxygen atoms in total. The predicted octanol–water partition coefficient (Wildman–Crippen LogP) is 1.66. The zero-order valence-electron chi connectivity index (χ0n) is 12.0. The minimum atomic E-state index is 0.275. The van der Waals surface area contributed by atoms with Gasteiger partial charge >= 0.3 is 0 Å². The summed E-state index contributed by atoms with van der Waals surface area (Å²) in [4.78, 5) is 14.3. The van der Waals surface area contributed by atoms with Gasteiger partial charge in [-0.15, -0.1) is 10.2 Å². The Bertz CT molecular complexity index is 397. The zero-order chi connectivity index (χ0) is 14.2. The Morgan fingerprint density at radius 1 is 1.50 bits per heavy atom. The normalized spacial score (nSPS) is 19.9. The summed E-state index contributed by atoms with van der Waals surface area (Å²) in [5, 5.41) is 14.4. The highest BCUT2D eigenvalue weighted by molar-refractivity contribution is 7.99. The fourth-order valence-electron chi connectivity index (χ4n) is 2.55. The number of amides is 1. The monoisotopic (exact) mass is 297 g/mol. The first-order valence-corrected chi connectivity index (χ1v) is 8.46. The first-order chi connectivity index (χ1) is 9.79. The highest BCUT2D eigenvalue weighted by Crippen LogP contribution is 2.22. The van der Waals surface area contributed by atoms with Gasteiger partial charge in [0.05, 0.1) is 0 Å². The fraction of sp³-hybridized carbons (Fsp3) is 0.846. The lowest BCUT2D eigenvalue weighted by Gasteiger charge is -2.24. The van der Waals surface area contributed by atoms with Crippen LogP contribution in [0.3, 0.4) is 0 Å². The van der Waals surface area contributed by atoms with Crippen molar-refractivity contribution in [2.45, 2.75) is 50.7 Å². The molecule has 1 N–H and O–H groups in total. The molecular weight excluding hydrogens is 274 g/mol. The van der Waals surface area contributed by atoms with E-state index in [0.29, 0.717) is 23.9 Å². The van der Waals surface area contributed by atoms with Crippen LogP contribution < -0.4 is 0 Å². The number of H-pyrrole nitrogens is 1.